The molecule has 2 aliphatic rings. The lowest BCUT2D eigenvalue weighted by Crippen LogP contribution is -2.50. The third kappa shape index (κ3) is 3.85. The highest BCUT2D eigenvalue weighted by Gasteiger charge is 2.38. The Morgan fingerprint density at radius 1 is 1.25 bits per heavy atom. The van der Waals surface area contributed by atoms with Crippen LogP contribution in [0.4, 0.5) is 0 Å². The zero-order valence-corrected chi connectivity index (χ0v) is 14.8. The molecule has 0 aliphatic carbocycles. The van der Waals surface area contributed by atoms with Crippen molar-refractivity contribution in [2.24, 2.45) is 5.41 Å². The minimum atomic E-state index is 0.245. The summed E-state index contributed by atoms with van der Waals surface area (Å²) in [5.41, 5.74) is 2.69. The highest BCUT2D eigenvalue weighted by atomic mass is 32.1. The number of piperidine rings is 1. The number of ether oxygens (including phenoxy) is 1. The van der Waals surface area contributed by atoms with Gasteiger partial charge in [0.25, 0.3) is 0 Å². The number of thiophene rings is 1. The van der Waals surface area contributed by atoms with Gasteiger partial charge in [-0.05, 0) is 41.8 Å². The van der Waals surface area contributed by atoms with Crippen LogP contribution in [0.15, 0.2) is 23.0 Å². The Balaban J connectivity index is 1.43. The van der Waals surface area contributed by atoms with Crippen molar-refractivity contribution in [1.82, 2.24) is 25.2 Å². The van der Waals surface area contributed by atoms with Gasteiger partial charge in [0, 0.05) is 38.1 Å². The molecule has 2 saturated heterocycles. The largest absolute Gasteiger partial charge is 0.379 e. The van der Waals surface area contributed by atoms with Crippen molar-refractivity contribution in [1.29, 1.82) is 0 Å². The molecule has 130 valence electrons. The van der Waals surface area contributed by atoms with Crippen molar-refractivity contribution in [2.45, 2.75) is 25.9 Å². The Labute approximate surface area is 146 Å². The summed E-state index contributed by atoms with van der Waals surface area (Å²) in [7, 11) is 0. The lowest BCUT2D eigenvalue weighted by atomic mass is 9.80. The smallest absolute Gasteiger partial charge is 0.0964 e. The number of likely N-dealkylation sites (tertiary alicyclic amines) is 1. The SMILES string of the molecule is c1cc(CN2CCC[C@]3(COCCN(Cc4cn[nH]n4)C3)C2)cs1. The fraction of sp³-hybridized carbons (Fsp3) is 0.647. The molecule has 2 aliphatic heterocycles. The molecular weight excluding hydrogens is 322 g/mol. The third-order valence-electron chi connectivity index (χ3n) is 5.10. The average Bonchev–Trinajstić information content (AvgIpc) is 3.22. The molecule has 0 saturated carbocycles. The van der Waals surface area contributed by atoms with E-state index in [1.54, 1.807) is 11.3 Å². The molecule has 1 N–H and O–H groups in total. The molecule has 4 rings (SSSR count). The second-order valence-corrected chi connectivity index (χ2v) is 7.95. The molecule has 2 fully saturated rings. The number of H-pyrrole nitrogens is 1. The topological polar surface area (TPSA) is 57.3 Å². The summed E-state index contributed by atoms with van der Waals surface area (Å²) in [6.45, 7) is 7.98. The Morgan fingerprint density at radius 2 is 2.17 bits per heavy atom. The molecule has 2 aromatic rings. The van der Waals surface area contributed by atoms with Crippen LogP contribution < -0.4 is 0 Å². The maximum atomic E-state index is 6.01. The van der Waals surface area contributed by atoms with Crippen LogP contribution in [0.1, 0.15) is 24.1 Å². The molecule has 0 bridgehead atoms. The van der Waals surface area contributed by atoms with Gasteiger partial charge in [0.1, 0.15) is 0 Å². The number of aromatic amines is 1. The Hall–Kier alpha value is -1.28. The Kier molecular flexibility index (Phi) is 4.93. The summed E-state index contributed by atoms with van der Waals surface area (Å²) in [5, 5.41) is 15.3. The summed E-state index contributed by atoms with van der Waals surface area (Å²) in [6, 6.07) is 2.24. The number of aromatic nitrogens is 3. The molecule has 1 atom stereocenters. The van der Waals surface area contributed by atoms with E-state index in [-0.39, 0.29) is 5.41 Å². The monoisotopic (exact) mass is 347 g/mol. The van der Waals surface area contributed by atoms with Gasteiger partial charge in [0.2, 0.25) is 0 Å². The van der Waals surface area contributed by atoms with Crippen LogP contribution in [0.3, 0.4) is 0 Å². The van der Waals surface area contributed by atoms with Gasteiger partial charge in [-0.25, -0.2) is 0 Å². The van der Waals surface area contributed by atoms with E-state index in [0.29, 0.717) is 0 Å². The Bertz CT molecular complexity index is 617. The van der Waals surface area contributed by atoms with Gasteiger partial charge < -0.3 is 4.74 Å². The van der Waals surface area contributed by atoms with E-state index in [0.717, 1.165) is 51.6 Å². The van der Waals surface area contributed by atoms with Crippen molar-refractivity contribution >= 4 is 11.3 Å². The summed E-state index contributed by atoms with van der Waals surface area (Å²) in [4.78, 5) is 5.09. The first-order valence-electron chi connectivity index (χ1n) is 8.70. The van der Waals surface area contributed by atoms with Crippen molar-refractivity contribution in [3.8, 4) is 0 Å². The van der Waals surface area contributed by atoms with Gasteiger partial charge >= 0.3 is 0 Å². The average molecular weight is 347 g/mol. The van der Waals surface area contributed by atoms with Crippen molar-refractivity contribution in [3.05, 3.63) is 34.3 Å². The van der Waals surface area contributed by atoms with Crippen LogP contribution in [0.5, 0.6) is 0 Å². The van der Waals surface area contributed by atoms with Gasteiger partial charge in [-0.2, -0.15) is 26.7 Å². The molecule has 7 heteroatoms. The van der Waals surface area contributed by atoms with Crippen molar-refractivity contribution < 1.29 is 4.74 Å². The predicted molar refractivity (Wildman–Crippen MR) is 93.7 cm³/mol. The third-order valence-corrected chi connectivity index (χ3v) is 5.83. The molecule has 0 aromatic carbocycles. The fourth-order valence-electron chi connectivity index (χ4n) is 4.08. The summed E-state index contributed by atoms with van der Waals surface area (Å²) in [5.74, 6) is 0. The highest BCUT2D eigenvalue weighted by molar-refractivity contribution is 7.07. The van der Waals surface area contributed by atoms with Crippen LogP contribution in [0.25, 0.3) is 0 Å². The molecule has 6 nitrogen and oxygen atoms in total. The number of hydrogen-bond acceptors (Lipinski definition) is 6. The highest BCUT2D eigenvalue weighted by Crippen LogP contribution is 2.34. The second kappa shape index (κ2) is 7.31. The number of nitrogens with zero attached hydrogens (tertiary/aromatic N) is 4. The molecule has 1 spiro atoms. The number of rotatable bonds is 4. The molecule has 4 heterocycles. The van der Waals surface area contributed by atoms with Crippen LogP contribution in [-0.4, -0.2) is 64.6 Å². The minimum absolute atomic E-state index is 0.245. The van der Waals surface area contributed by atoms with E-state index >= 15 is 0 Å². The lowest BCUT2D eigenvalue weighted by molar-refractivity contribution is 0.00245. The van der Waals surface area contributed by atoms with Crippen LogP contribution in [-0.2, 0) is 17.8 Å². The lowest BCUT2D eigenvalue weighted by Gasteiger charge is -2.43. The van der Waals surface area contributed by atoms with Gasteiger partial charge in [0.05, 0.1) is 25.1 Å². The predicted octanol–water partition coefficient (Wildman–Crippen LogP) is 1.98. The van der Waals surface area contributed by atoms with E-state index in [2.05, 4.69) is 42.0 Å². The van der Waals surface area contributed by atoms with E-state index in [9.17, 15) is 0 Å². The molecule has 0 amide bonds. The van der Waals surface area contributed by atoms with E-state index in [1.807, 2.05) is 6.20 Å². The summed E-state index contributed by atoms with van der Waals surface area (Å²) < 4.78 is 6.01. The van der Waals surface area contributed by atoms with Crippen LogP contribution >= 0.6 is 11.3 Å². The number of nitrogens with one attached hydrogen (secondary N) is 1. The number of hydrogen-bond donors (Lipinski definition) is 1. The normalized spacial score (nSPS) is 26.7. The van der Waals surface area contributed by atoms with Gasteiger partial charge in [-0.3, -0.25) is 9.80 Å². The fourth-order valence-corrected chi connectivity index (χ4v) is 4.74. The molecule has 0 radical (unpaired) electrons. The standard InChI is InChI=1S/C17H25N5OS/c1-3-17(12-21(4-1)9-15-2-7-24-11-15)13-22(5-6-23-14-17)10-16-8-18-20-19-16/h2,7-8,11H,1,3-6,9-10,12-14H2,(H,18,19,20)/t17-/m0/s1. The van der Waals surface area contributed by atoms with E-state index in [4.69, 9.17) is 4.74 Å². The van der Waals surface area contributed by atoms with Crippen molar-refractivity contribution in [3.63, 3.8) is 0 Å². The minimum Gasteiger partial charge on any atom is -0.379 e. The quantitative estimate of drug-likeness (QED) is 0.916. The zero-order chi connectivity index (χ0) is 16.2. The zero-order valence-electron chi connectivity index (χ0n) is 14.0. The van der Waals surface area contributed by atoms with E-state index < -0.39 is 0 Å². The molecule has 0 unspecified atom stereocenters. The van der Waals surface area contributed by atoms with Crippen molar-refractivity contribution in [2.75, 3.05) is 39.4 Å². The maximum Gasteiger partial charge on any atom is 0.0964 e. The van der Waals surface area contributed by atoms with Gasteiger partial charge in [0.15, 0.2) is 0 Å². The van der Waals surface area contributed by atoms with Gasteiger partial charge in [-0.15, -0.1) is 0 Å². The summed E-state index contributed by atoms with van der Waals surface area (Å²) >= 11 is 1.79. The van der Waals surface area contributed by atoms with Crippen LogP contribution in [0, 0.1) is 5.41 Å². The Morgan fingerprint density at radius 3 is 2.96 bits per heavy atom. The first kappa shape index (κ1) is 16.2. The van der Waals surface area contributed by atoms with Crippen LogP contribution in [0.2, 0.25) is 0 Å². The maximum absolute atomic E-state index is 6.01. The first-order chi connectivity index (χ1) is 11.8. The second-order valence-electron chi connectivity index (χ2n) is 7.17. The molecular formula is C17H25N5OS. The van der Waals surface area contributed by atoms with E-state index in [1.165, 1.54) is 24.9 Å². The molecule has 24 heavy (non-hydrogen) atoms. The summed E-state index contributed by atoms with van der Waals surface area (Å²) in [6.07, 6.45) is 4.33. The first-order valence-corrected chi connectivity index (χ1v) is 9.64. The van der Waals surface area contributed by atoms with Gasteiger partial charge in [-0.1, -0.05) is 0 Å². The molecule has 2 aromatic heterocycles.